The zero-order chi connectivity index (χ0) is 16.2. The first-order chi connectivity index (χ1) is 10.4. The molecule has 1 amide bonds. The van der Waals surface area contributed by atoms with Crippen molar-refractivity contribution in [3.63, 3.8) is 0 Å². The molecule has 0 heterocycles. The number of amides is 1. The van der Waals surface area contributed by atoms with E-state index in [0.29, 0.717) is 21.7 Å². The Bertz CT molecular complexity index is 718. The molecule has 2 rings (SSSR count). The van der Waals surface area contributed by atoms with Crippen LogP contribution in [-0.2, 0) is 5.60 Å². The van der Waals surface area contributed by atoms with E-state index in [-0.39, 0.29) is 12.5 Å². The SMILES string of the molecule is CC(O)(CNC(=O)c1ccc(C#N)cc1)c1ccccc1Cl. The molecule has 0 aliphatic heterocycles. The highest BCUT2D eigenvalue weighted by Crippen LogP contribution is 2.27. The molecule has 0 aliphatic carbocycles. The molecule has 2 aromatic rings. The highest BCUT2D eigenvalue weighted by Gasteiger charge is 2.26. The van der Waals surface area contributed by atoms with E-state index < -0.39 is 5.60 Å². The number of nitriles is 1. The van der Waals surface area contributed by atoms with Crippen LogP contribution in [0.3, 0.4) is 0 Å². The third-order valence-corrected chi connectivity index (χ3v) is 3.65. The molecular formula is C17H15ClN2O2. The smallest absolute Gasteiger partial charge is 0.251 e. The van der Waals surface area contributed by atoms with Crippen LogP contribution in [0, 0.1) is 11.3 Å². The zero-order valence-corrected chi connectivity index (χ0v) is 12.8. The third kappa shape index (κ3) is 3.64. The van der Waals surface area contributed by atoms with E-state index >= 15 is 0 Å². The average molecular weight is 315 g/mol. The number of benzene rings is 2. The number of nitrogens with one attached hydrogen (secondary N) is 1. The van der Waals surface area contributed by atoms with Crippen LogP contribution in [0.5, 0.6) is 0 Å². The Kier molecular flexibility index (Phi) is 4.81. The molecule has 1 atom stereocenters. The number of carbonyl (C=O) groups excluding carboxylic acids is 1. The van der Waals surface area contributed by atoms with Crippen molar-refractivity contribution in [2.24, 2.45) is 0 Å². The number of hydrogen-bond acceptors (Lipinski definition) is 3. The molecule has 22 heavy (non-hydrogen) atoms. The summed E-state index contributed by atoms with van der Waals surface area (Å²) in [4.78, 5) is 12.1. The van der Waals surface area contributed by atoms with Crippen LogP contribution < -0.4 is 5.32 Å². The largest absolute Gasteiger partial charge is 0.384 e. The summed E-state index contributed by atoms with van der Waals surface area (Å²) < 4.78 is 0. The second-order valence-corrected chi connectivity index (χ2v) is 5.53. The maximum atomic E-state index is 12.1. The monoisotopic (exact) mass is 314 g/mol. The fourth-order valence-electron chi connectivity index (χ4n) is 2.04. The summed E-state index contributed by atoms with van der Waals surface area (Å²) in [6.07, 6.45) is 0. The third-order valence-electron chi connectivity index (χ3n) is 3.32. The number of hydrogen-bond donors (Lipinski definition) is 2. The number of aliphatic hydroxyl groups is 1. The van der Waals surface area contributed by atoms with Crippen molar-refractivity contribution in [2.75, 3.05) is 6.54 Å². The van der Waals surface area contributed by atoms with Crippen LogP contribution in [-0.4, -0.2) is 17.6 Å². The molecule has 112 valence electrons. The molecule has 0 aromatic heterocycles. The van der Waals surface area contributed by atoms with Gasteiger partial charge in [-0.1, -0.05) is 29.8 Å². The lowest BCUT2D eigenvalue weighted by molar-refractivity contribution is 0.0527. The second-order valence-electron chi connectivity index (χ2n) is 5.13. The first kappa shape index (κ1) is 16.0. The van der Waals surface area contributed by atoms with Gasteiger partial charge in [0.15, 0.2) is 0 Å². The van der Waals surface area contributed by atoms with E-state index in [1.54, 1.807) is 55.5 Å². The fourth-order valence-corrected chi connectivity index (χ4v) is 2.38. The molecule has 2 N–H and O–H groups in total. The van der Waals surface area contributed by atoms with Crippen molar-refractivity contribution in [3.8, 4) is 6.07 Å². The molecule has 0 fully saturated rings. The topological polar surface area (TPSA) is 73.1 Å². The summed E-state index contributed by atoms with van der Waals surface area (Å²) in [6.45, 7) is 1.61. The predicted molar refractivity (Wildman–Crippen MR) is 84.5 cm³/mol. The van der Waals surface area contributed by atoms with Gasteiger partial charge in [-0.25, -0.2) is 0 Å². The van der Waals surface area contributed by atoms with Crippen LogP contribution >= 0.6 is 11.6 Å². The summed E-state index contributed by atoms with van der Waals surface area (Å²) in [6, 6.07) is 15.2. The lowest BCUT2D eigenvalue weighted by atomic mass is 9.96. The molecule has 1 unspecified atom stereocenters. The number of carbonyl (C=O) groups is 1. The molecule has 2 aromatic carbocycles. The summed E-state index contributed by atoms with van der Waals surface area (Å²) in [5.74, 6) is -0.322. The molecule has 0 saturated carbocycles. The van der Waals surface area contributed by atoms with Crippen molar-refractivity contribution < 1.29 is 9.90 Å². The highest BCUT2D eigenvalue weighted by molar-refractivity contribution is 6.31. The molecular weight excluding hydrogens is 300 g/mol. The van der Waals surface area contributed by atoms with Gasteiger partial charge in [0, 0.05) is 16.1 Å². The highest BCUT2D eigenvalue weighted by atomic mass is 35.5. The van der Waals surface area contributed by atoms with Gasteiger partial charge in [-0.15, -0.1) is 0 Å². The van der Waals surface area contributed by atoms with Gasteiger partial charge in [0.2, 0.25) is 0 Å². The van der Waals surface area contributed by atoms with Gasteiger partial charge in [-0.2, -0.15) is 5.26 Å². The van der Waals surface area contributed by atoms with E-state index in [0.717, 1.165) is 0 Å². The zero-order valence-electron chi connectivity index (χ0n) is 12.0. The van der Waals surface area contributed by atoms with Crippen molar-refractivity contribution in [3.05, 3.63) is 70.2 Å². The Morgan fingerprint density at radius 1 is 1.27 bits per heavy atom. The maximum absolute atomic E-state index is 12.1. The number of nitrogens with zero attached hydrogens (tertiary/aromatic N) is 1. The number of rotatable bonds is 4. The lowest BCUT2D eigenvalue weighted by Gasteiger charge is -2.25. The van der Waals surface area contributed by atoms with E-state index in [4.69, 9.17) is 16.9 Å². The number of halogens is 1. The van der Waals surface area contributed by atoms with Crippen molar-refractivity contribution in [2.45, 2.75) is 12.5 Å². The Labute approximate surface area is 134 Å². The Morgan fingerprint density at radius 3 is 2.50 bits per heavy atom. The Hall–Kier alpha value is -2.35. The molecule has 0 aliphatic rings. The van der Waals surface area contributed by atoms with E-state index in [1.165, 1.54) is 0 Å². The van der Waals surface area contributed by atoms with Gasteiger partial charge >= 0.3 is 0 Å². The van der Waals surface area contributed by atoms with Crippen LogP contribution in [0.15, 0.2) is 48.5 Å². The first-order valence-corrected chi connectivity index (χ1v) is 7.07. The predicted octanol–water partition coefficient (Wildman–Crippen LogP) is 2.85. The summed E-state index contributed by atoms with van der Waals surface area (Å²) >= 11 is 6.07. The fraction of sp³-hybridized carbons (Fsp3) is 0.176. The molecule has 4 nitrogen and oxygen atoms in total. The van der Waals surface area contributed by atoms with Gasteiger partial charge < -0.3 is 10.4 Å². The van der Waals surface area contributed by atoms with E-state index in [1.807, 2.05) is 6.07 Å². The first-order valence-electron chi connectivity index (χ1n) is 6.70. The summed E-state index contributed by atoms with van der Waals surface area (Å²) in [5, 5.41) is 22.4. The summed E-state index contributed by atoms with van der Waals surface area (Å²) in [7, 11) is 0. The van der Waals surface area contributed by atoms with Gasteiger partial charge in [0.1, 0.15) is 5.60 Å². The Morgan fingerprint density at radius 2 is 1.91 bits per heavy atom. The molecule has 5 heteroatoms. The summed E-state index contributed by atoms with van der Waals surface area (Å²) in [5.41, 5.74) is 0.186. The van der Waals surface area contributed by atoms with Gasteiger partial charge in [0.05, 0.1) is 18.2 Å². The van der Waals surface area contributed by atoms with E-state index in [9.17, 15) is 9.90 Å². The maximum Gasteiger partial charge on any atom is 0.251 e. The van der Waals surface area contributed by atoms with Gasteiger partial charge in [-0.3, -0.25) is 4.79 Å². The molecule has 0 radical (unpaired) electrons. The standard InChI is InChI=1S/C17H15ClN2O2/c1-17(22,14-4-2-3-5-15(14)18)11-20-16(21)13-8-6-12(10-19)7-9-13/h2-9,22H,11H2,1H3,(H,20,21). The van der Waals surface area contributed by atoms with Crippen LogP contribution in [0.4, 0.5) is 0 Å². The lowest BCUT2D eigenvalue weighted by Crippen LogP contribution is -2.38. The molecule has 0 saturated heterocycles. The minimum absolute atomic E-state index is 0.0234. The minimum atomic E-state index is -1.28. The quantitative estimate of drug-likeness (QED) is 0.911. The minimum Gasteiger partial charge on any atom is -0.384 e. The van der Waals surface area contributed by atoms with Gasteiger partial charge in [-0.05, 0) is 37.3 Å². The normalized spacial score (nSPS) is 13.0. The van der Waals surface area contributed by atoms with Crippen molar-refractivity contribution in [1.29, 1.82) is 5.26 Å². The average Bonchev–Trinajstić information content (AvgIpc) is 2.53. The van der Waals surface area contributed by atoms with E-state index in [2.05, 4.69) is 5.32 Å². The van der Waals surface area contributed by atoms with Crippen LogP contribution in [0.25, 0.3) is 0 Å². The van der Waals surface area contributed by atoms with Crippen LogP contribution in [0.2, 0.25) is 5.02 Å². The van der Waals surface area contributed by atoms with Crippen LogP contribution in [0.1, 0.15) is 28.4 Å². The van der Waals surface area contributed by atoms with Crippen molar-refractivity contribution in [1.82, 2.24) is 5.32 Å². The second kappa shape index (κ2) is 6.61. The molecule has 0 spiro atoms. The Balaban J connectivity index is 2.06. The van der Waals surface area contributed by atoms with Crippen molar-refractivity contribution >= 4 is 17.5 Å². The molecule has 0 bridgehead atoms. The van der Waals surface area contributed by atoms with Gasteiger partial charge in [0.25, 0.3) is 5.91 Å².